The molecule has 0 aromatic heterocycles. The average Bonchev–Trinajstić information content (AvgIpc) is 2.84. The van der Waals surface area contributed by atoms with Crippen LogP contribution < -0.4 is 16.0 Å². The molecule has 32 heavy (non-hydrogen) atoms. The molecule has 166 valence electrons. The second-order valence-electron chi connectivity index (χ2n) is 8.10. The molecule has 0 aliphatic carbocycles. The van der Waals surface area contributed by atoms with Crippen molar-refractivity contribution >= 4 is 28.9 Å². The van der Waals surface area contributed by atoms with Gasteiger partial charge in [-0.2, -0.15) is 0 Å². The van der Waals surface area contributed by atoms with E-state index < -0.39 is 5.91 Å². The van der Waals surface area contributed by atoms with Gasteiger partial charge in [-0.15, -0.1) is 0 Å². The van der Waals surface area contributed by atoms with Crippen molar-refractivity contribution in [1.82, 2.24) is 4.90 Å². The van der Waals surface area contributed by atoms with Crippen LogP contribution in [-0.4, -0.2) is 49.6 Å². The zero-order valence-electron chi connectivity index (χ0n) is 18.1. The number of anilines is 2. The van der Waals surface area contributed by atoms with Crippen molar-refractivity contribution in [2.45, 2.75) is 12.5 Å². The van der Waals surface area contributed by atoms with Crippen molar-refractivity contribution in [3.8, 4) is 0 Å². The van der Waals surface area contributed by atoms with E-state index in [1.807, 2.05) is 36.4 Å². The second-order valence-corrected chi connectivity index (χ2v) is 8.51. The summed E-state index contributed by atoms with van der Waals surface area (Å²) < 4.78 is 0. The monoisotopic (exact) mass is 448 g/mol. The zero-order valence-corrected chi connectivity index (χ0v) is 18.8. The molecule has 6 heteroatoms. The first-order valence-corrected chi connectivity index (χ1v) is 11.4. The predicted molar refractivity (Wildman–Crippen MR) is 133 cm³/mol. The first-order valence-electron chi connectivity index (χ1n) is 11.0. The highest BCUT2D eigenvalue weighted by Gasteiger charge is 2.25. The smallest absolute Gasteiger partial charge is 0.250 e. The average molecular weight is 449 g/mol. The molecule has 3 aromatic rings. The normalized spacial score (nSPS) is 15.3. The van der Waals surface area contributed by atoms with Crippen molar-refractivity contribution in [3.63, 3.8) is 0 Å². The van der Waals surface area contributed by atoms with Crippen LogP contribution in [0.4, 0.5) is 11.4 Å². The molecule has 1 amide bonds. The molecular weight excluding hydrogens is 420 g/mol. The number of hydrogen-bond acceptors (Lipinski definition) is 4. The summed E-state index contributed by atoms with van der Waals surface area (Å²) in [7, 11) is 0. The van der Waals surface area contributed by atoms with Gasteiger partial charge in [0.05, 0.1) is 5.56 Å². The lowest BCUT2D eigenvalue weighted by atomic mass is 10.0. The molecule has 0 saturated carbocycles. The Morgan fingerprint density at radius 2 is 1.56 bits per heavy atom. The Hall–Kier alpha value is -3.02. The van der Waals surface area contributed by atoms with Gasteiger partial charge in [0.25, 0.3) is 5.91 Å². The summed E-state index contributed by atoms with van der Waals surface area (Å²) in [5, 5.41) is 4.27. The number of primary amides is 1. The van der Waals surface area contributed by atoms with E-state index in [9.17, 15) is 4.79 Å². The van der Waals surface area contributed by atoms with Crippen LogP contribution in [0.5, 0.6) is 0 Å². The van der Waals surface area contributed by atoms with Gasteiger partial charge in [-0.1, -0.05) is 60.1 Å². The maximum atomic E-state index is 11.8. The number of carbonyl (C=O) groups is 1. The molecule has 0 bridgehead atoms. The maximum absolute atomic E-state index is 11.8. The fourth-order valence-electron chi connectivity index (χ4n) is 4.31. The summed E-state index contributed by atoms with van der Waals surface area (Å²) in [6.45, 7) is 4.56. The van der Waals surface area contributed by atoms with Gasteiger partial charge in [0.15, 0.2) is 0 Å². The highest BCUT2D eigenvalue weighted by molar-refractivity contribution is 6.31. The molecule has 1 atom stereocenters. The molecule has 0 radical (unpaired) electrons. The Labute approximate surface area is 194 Å². The third kappa shape index (κ3) is 5.42. The first kappa shape index (κ1) is 22.2. The molecule has 3 N–H and O–H groups in total. The Morgan fingerprint density at radius 1 is 0.906 bits per heavy atom. The molecule has 1 saturated heterocycles. The molecular formula is C26H29ClN4O. The number of hydrogen-bond donors (Lipinski definition) is 2. The number of piperazine rings is 1. The number of para-hydroxylation sites is 2. The summed E-state index contributed by atoms with van der Waals surface area (Å²) in [6.07, 6.45) is 0.830. The van der Waals surface area contributed by atoms with Crippen LogP contribution in [0.25, 0.3) is 0 Å². The largest absolute Gasteiger partial charge is 0.383 e. The SMILES string of the molecule is NC(=O)c1ccccc1NCC(Cc1ccccc1Cl)N1CCN(c2ccccc2)CC1. The van der Waals surface area contributed by atoms with Crippen LogP contribution in [0.3, 0.4) is 0 Å². The van der Waals surface area contributed by atoms with Crippen LogP contribution >= 0.6 is 11.6 Å². The third-order valence-electron chi connectivity index (χ3n) is 6.09. The molecule has 1 fully saturated rings. The summed E-state index contributed by atoms with van der Waals surface area (Å²) >= 11 is 6.49. The minimum atomic E-state index is -0.424. The summed E-state index contributed by atoms with van der Waals surface area (Å²) in [6, 6.07) is 26.2. The van der Waals surface area contributed by atoms with Gasteiger partial charge >= 0.3 is 0 Å². The van der Waals surface area contributed by atoms with Crippen LogP contribution in [0.15, 0.2) is 78.9 Å². The highest BCUT2D eigenvalue weighted by Crippen LogP contribution is 2.22. The number of rotatable bonds is 8. The van der Waals surface area contributed by atoms with Gasteiger partial charge in [-0.3, -0.25) is 9.69 Å². The van der Waals surface area contributed by atoms with Gasteiger partial charge in [-0.05, 0) is 42.3 Å². The van der Waals surface area contributed by atoms with Crippen molar-refractivity contribution in [3.05, 3.63) is 95.0 Å². The van der Waals surface area contributed by atoms with Crippen LogP contribution in [0.1, 0.15) is 15.9 Å². The third-order valence-corrected chi connectivity index (χ3v) is 6.45. The molecule has 1 aliphatic heterocycles. The van der Waals surface area contributed by atoms with Gasteiger partial charge in [0.2, 0.25) is 0 Å². The van der Waals surface area contributed by atoms with Crippen molar-refractivity contribution < 1.29 is 4.79 Å². The number of carbonyl (C=O) groups excluding carboxylic acids is 1. The summed E-state index contributed by atoms with van der Waals surface area (Å²) in [4.78, 5) is 16.8. The van der Waals surface area contributed by atoms with E-state index in [1.165, 1.54) is 5.69 Å². The fourth-order valence-corrected chi connectivity index (χ4v) is 4.53. The first-order chi connectivity index (χ1) is 15.6. The summed E-state index contributed by atoms with van der Waals surface area (Å²) in [5.74, 6) is -0.424. The van der Waals surface area contributed by atoms with E-state index >= 15 is 0 Å². The second kappa shape index (κ2) is 10.5. The number of benzene rings is 3. The van der Waals surface area contributed by atoms with Gasteiger partial charge in [-0.25, -0.2) is 0 Å². The van der Waals surface area contributed by atoms with Crippen LogP contribution in [0.2, 0.25) is 5.02 Å². The molecule has 5 nitrogen and oxygen atoms in total. The van der Waals surface area contributed by atoms with Gasteiger partial charge in [0.1, 0.15) is 0 Å². The van der Waals surface area contributed by atoms with E-state index in [-0.39, 0.29) is 6.04 Å². The lowest BCUT2D eigenvalue weighted by Gasteiger charge is -2.40. The minimum absolute atomic E-state index is 0.230. The zero-order chi connectivity index (χ0) is 22.3. The Balaban J connectivity index is 1.48. The maximum Gasteiger partial charge on any atom is 0.250 e. The Bertz CT molecular complexity index is 1030. The van der Waals surface area contributed by atoms with Crippen molar-refractivity contribution in [2.24, 2.45) is 5.73 Å². The number of nitrogens with zero attached hydrogens (tertiary/aromatic N) is 2. The van der Waals surface area contributed by atoms with E-state index in [0.29, 0.717) is 12.1 Å². The van der Waals surface area contributed by atoms with E-state index in [1.54, 1.807) is 6.07 Å². The molecule has 1 heterocycles. The number of nitrogens with two attached hydrogens (primary N) is 1. The quantitative estimate of drug-likeness (QED) is 0.539. The number of halogens is 1. The molecule has 3 aromatic carbocycles. The fraction of sp³-hybridized carbons (Fsp3) is 0.269. The van der Waals surface area contributed by atoms with Crippen LogP contribution in [-0.2, 0) is 6.42 Å². The minimum Gasteiger partial charge on any atom is -0.383 e. The van der Waals surface area contributed by atoms with E-state index in [2.05, 4.69) is 51.5 Å². The summed E-state index contributed by atoms with van der Waals surface area (Å²) in [5.41, 5.74) is 9.25. The standard InChI is InChI=1S/C26H29ClN4O/c27-24-12-6-4-8-20(24)18-22(19-29-25-13-7-5-11-23(25)26(28)32)31-16-14-30(15-17-31)21-9-2-1-3-10-21/h1-13,22,29H,14-19H2,(H2,28,32). The van der Waals surface area contributed by atoms with Crippen molar-refractivity contribution in [1.29, 1.82) is 0 Å². The molecule has 4 rings (SSSR count). The van der Waals surface area contributed by atoms with E-state index in [0.717, 1.165) is 48.9 Å². The lowest BCUT2D eigenvalue weighted by Crippen LogP contribution is -2.53. The van der Waals surface area contributed by atoms with Crippen molar-refractivity contribution in [2.75, 3.05) is 42.9 Å². The topological polar surface area (TPSA) is 61.6 Å². The Morgan fingerprint density at radius 3 is 2.28 bits per heavy atom. The molecule has 0 spiro atoms. The number of amides is 1. The Kier molecular flexibility index (Phi) is 7.30. The number of nitrogens with one attached hydrogen (secondary N) is 1. The van der Waals surface area contributed by atoms with E-state index in [4.69, 9.17) is 17.3 Å². The molecule has 1 unspecified atom stereocenters. The van der Waals surface area contributed by atoms with Gasteiger partial charge < -0.3 is 16.0 Å². The highest BCUT2D eigenvalue weighted by atomic mass is 35.5. The molecule has 1 aliphatic rings. The predicted octanol–water partition coefficient (Wildman–Crippen LogP) is 4.28. The lowest BCUT2D eigenvalue weighted by molar-refractivity contribution is 0.100. The van der Waals surface area contributed by atoms with Crippen LogP contribution in [0, 0.1) is 0 Å². The van der Waals surface area contributed by atoms with Gasteiger partial charge in [0, 0.05) is 55.2 Å².